The average molecular weight is 237 g/mol. The second kappa shape index (κ2) is 5.83. The van der Waals surface area contributed by atoms with Crippen LogP contribution in [0.4, 0.5) is 5.82 Å². The predicted molar refractivity (Wildman–Crippen MR) is 62.5 cm³/mol. The Morgan fingerprint density at radius 1 is 1.59 bits per heavy atom. The van der Waals surface area contributed by atoms with Crippen molar-refractivity contribution in [3.05, 3.63) is 23.9 Å². The molecule has 3 N–H and O–H groups in total. The van der Waals surface area contributed by atoms with Crippen LogP contribution in [0.2, 0.25) is 0 Å². The molecule has 1 atom stereocenters. The van der Waals surface area contributed by atoms with Crippen LogP contribution >= 0.6 is 0 Å². The van der Waals surface area contributed by atoms with Gasteiger partial charge in [0.1, 0.15) is 11.9 Å². The van der Waals surface area contributed by atoms with Crippen molar-refractivity contribution in [1.29, 1.82) is 0 Å². The number of nitrogens with one attached hydrogen (secondary N) is 1. The lowest BCUT2D eigenvalue weighted by Crippen LogP contribution is -2.30. The van der Waals surface area contributed by atoms with Crippen LogP contribution in [0.1, 0.15) is 24.2 Å². The number of rotatable bonds is 5. The number of esters is 1. The van der Waals surface area contributed by atoms with Gasteiger partial charge in [-0.3, -0.25) is 4.79 Å². The fourth-order valence-electron chi connectivity index (χ4n) is 1.25. The van der Waals surface area contributed by atoms with Crippen molar-refractivity contribution in [3.63, 3.8) is 0 Å². The number of carbonyl (C=O) groups excluding carboxylic acids is 2. The zero-order valence-corrected chi connectivity index (χ0v) is 9.77. The Kier molecular flexibility index (Phi) is 4.45. The van der Waals surface area contributed by atoms with Crippen LogP contribution in [0.25, 0.3) is 0 Å². The molecule has 0 bridgehead atoms. The van der Waals surface area contributed by atoms with Gasteiger partial charge >= 0.3 is 5.97 Å². The van der Waals surface area contributed by atoms with Gasteiger partial charge in [0.2, 0.25) is 0 Å². The summed E-state index contributed by atoms with van der Waals surface area (Å²) in [5.41, 5.74) is 5.43. The first kappa shape index (κ1) is 13.0. The smallest absolute Gasteiger partial charge is 0.328 e. The molecule has 0 spiro atoms. The van der Waals surface area contributed by atoms with Gasteiger partial charge in [-0.15, -0.1) is 0 Å². The molecule has 1 amide bonds. The summed E-state index contributed by atoms with van der Waals surface area (Å²) in [7, 11) is 0. The van der Waals surface area contributed by atoms with Crippen molar-refractivity contribution in [2.45, 2.75) is 19.9 Å². The number of hydrogen-bond donors (Lipinski definition) is 2. The van der Waals surface area contributed by atoms with E-state index in [1.165, 1.54) is 12.3 Å². The summed E-state index contributed by atoms with van der Waals surface area (Å²) in [6.45, 7) is 3.65. The zero-order chi connectivity index (χ0) is 12.8. The van der Waals surface area contributed by atoms with Crippen molar-refractivity contribution in [2.75, 3.05) is 11.9 Å². The highest BCUT2D eigenvalue weighted by Gasteiger charge is 2.17. The van der Waals surface area contributed by atoms with E-state index in [9.17, 15) is 9.59 Å². The second-order valence-electron chi connectivity index (χ2n) is 3.38. The van der Waals surface area contributed by atoms with E-state index >= 15 is 0 Å². The van der Waals surface area contributed by atoms with Crippen molar-refractivity contribution in [1.82, 2.24) is 4.98 Å². The van der Waals surface area contributed by atoms with Crippen molar-refractivity contribution in [2.24, 2.45) is 5.73 Å². The number of primary amides is 1. The molecule has 6 nitrogen and oxygen atoms in total. The summed E-state index contributed by atoms with van der Waals surface area (Å²) in [6, 6.07) is 2.54. The van der Waals surface area contributed by atoms with Crippen LogP contribution in [-0.2, 0) is 9.53 Å². The number of pyridine rings is 1. The molecule has 0 fully saturated rings. The fraction of sp³-hybridized carbons (Fsp3) is 0.364. The van der Waals surface area contributed by atoms with Gasteiger partial charge in [-0.1, -0.05) is 0 Å². The molecule has 0 aliphatic rings. The first-order valence-electron chi connectivity index (χ1n) is 5.24. The van der Waals surface area contributed by atoms with Crippen LogP contribution in [0.15, 0.2) is 18.3 Å². The first-order valence-corrected chi connectivity index (χ1v) is 5.24. The third-order valence-electron chi connectivity index (χ3n) is 2.07. The summed E-state index contributed by atoms with van der Waals surface area (Å²) in [5, 5.41) is 2.79. The highest BCUT2D eigenvalue weighted by Crippen LogP contribution is 2.12. The molecule has 1 rings (SSSR count). The van der Waals surface area contributed by atoms with Gasteiger partial charge in [-0.05, 0) is 26.0 Å². The van der Waals surface area contributed by atoms with Crippen molar-refractivity contribution in [3.8, 4) is 0 Å². The summed E-state index contributed by atoms with van der Waals surface area (Å²) >= 11 is 0. The minimum atomic E-state index is -0.600. The normalized spacial score (nSPS) is 11.6. The van der Waals surface area contributed by atoms with E-state index in [1.807, 2.05) is 0 Å². The zero-order valence-electron chi connectivity index (χ0n) is 9.77. The predicted octanol–water partition coefficient (Wildman–Crippen LogP) is 0.544. The Morgan fingerprint density at radius 2 is 2.29 bits per heavy atom. The Morgan fingerprint density at radius 3 is 2.88 bits per heavy atom. The average Bonchev–Trinajstić information content (AvgIpc) is 2.29. The SMILES string of the molecule is CCOC(=O)C(C)Nc1ncccc1C(N)=O. The molecule has 1 aromatic rings. The van der Waals surface area contributed by atoms with Crippen LogP contribution in [-0.4, -0.2) is 29.5 Å². The summed E-state index contributed by atoms with van der Waals surface area (Å²) in [5.74, 6) is -0.731. The van der Waals surface area contributed by atoms with Gasteiger partial charge in [-0.2, -0.15) is 0 Å². The number of carbonyl (C=O) groups is 2. The molecule has 1 unspecified atom stereocenters. The lowest BCUT2D eigenvalue weighted by atomic mass is 10.2. The Balaban J connectivity index is 2.81. The minimum Gasteiger partial charge on any atom is -0.464 e. The lowest BCUT2D eigenvalue weighted by molar-refractivity contribution is -0.143. The molecular weight excluding hydrogens is 222 g/mol. The highest BCUT2D eigenvalue weighted by molar-refractivity contribution is 5.98. The van der Waals surface area contributed by atoms with E-state index in [1.54, 1.807) is 19.9 Å². The van der Waals surface area contributed by atoms with Gasteiger partial charge in [0.15, 0.2) is 0 Å². The first-order chi connectivity index (χ1) is 8.06. The Hall–Kier alpha value is -2.11. The third kappa shape index (κ3) is 3.44. The lowest BCUT2D eigenvalue weighted by Gasteiger charge is -2.14. The molecule has 0 aromatic carbocycles. The molecule has 0 saturated heterocycles. The van der Waals surface area contributed by atoms with E-state index in [4.69, 9.17) is 10.5 Å². The number of nitrogens with zero attached hydrogens (tertiary/aromatic N) is 1. The van der Waals surface area contributed by atoms with E-state index in [2.05, 4.69) is 10.3 Å². The van der Waals surface area contributed by atoms with Gasteiger partial charge < -0.3 is 15.8 Å². The summed E-state index contributed by atoms with van der Waals surface area (Å²) in [6.07, 6.45) is 1.51. The number of amides is 1. The number of ether oxygens (including phenoxy) is 1. The van der Waals surface area contributed by atoms with Crippen LogP contribution in [0.5, 0.6) is 0 Å². The topological polar surface area (TPSA) is 94.3 Å². The molecular formula is C11H15N3O3. The summed E-state index contributed by atoms with van der Waals surface area (Å²) in [4.78, 5) is 26.5. The van der Waals surface area contributed by atoms with Gasteiger partial charge in [-0.25, -0.2) is 9.78 Å². The largest absolute Gasteiger partial charge is 0.464 e. The number of anilines is 1. The molecule has 0 radical (unpaired) electrons. The number of aromatic nitrogens is 1. The van der Waals surface area contributed by atoms with Crippen molar-refractivity contribution < 1.29 is 14.3 Å². The molecule has 0 aliphatic carbocycles. The van der Waals surface area contributed by atoms with E-state index < -0.39 is 17.9 Å². The quantitative estimate of drug-likeness (QED) is 0.729. The molecule has 0 saturated carbocycles. The minimum absolute atomic E-state index is 0.239. The molecule has 6 heteroatoms. The number of nitrogens with two attached hydrogens (primary N) is 1. The monoisotopic (exact) mass is 237 g/mol. The molecule has 0 aliphatic heterocycles. The maximum Gasteiger partial charge on any atom is 0.328 e. The molecule has 1 heterocycles. The van der Waals surface area contributed by atoms with E-state index in [0.29, 0.717) is 6.61 Å². The van der Waals surface area contributed by atoms with Crippen molar-refractivity contribution >= 4 is 17.7 Å². The van der Waals surface area contributed by atoms with Crippen LogP contribution in [0, 0.1) is 0 Å². The molecule has 17 heavy (non-hydrogen) atoms. The van der Waals surface area contributed by atoms with E-state index in [0.717, 1.165) is 0 Å². The van der Waals surface area contributed by atoms with Crippen LogP contribution < -0.4 is 11.1 Å². The second-order valence-corrected chi connectivity index (χ2v) is 3.38. The molecule has 92 valence electrons. The Bertz CT molecular complexity index is 420. The standard InChI is InChI=1S/C11H15N3O3/c1-3-17-11(16)7(2)14-10-8(9(12)15)5-4-6-13-10/h4-7H,3H2,1-2H3,(H2,12,15)(H,13,14). The summed E-state index contributed by atoms with van der Waals surface area (Å²) < 4.78 is 4.83. The maximum atomic E-state index is 11.4. The Labute approximate surface area is 99.2 Å². The fourth-order valence-corrected chi connectivity index (χ4v) is 1.25. The highest BCUT2D eigenvalue weighted by atomic mass is 16.5. The molecule has 1 aromatic heterocycles. The van der Waals surface area contributed by atoms with Gasteiger partial charge in [0.05, 0.1) is 12.2 Å². The third-order valence-corrected chi connectivity index (χ3v) is 2.07. The number of hydrogen-bond acceptors (Lipinski definition) is 5. The maximum absolute atomic E-state index is 11.4. The van der Waals surface area contributed by atoms with Gasteiger partial charge in [0.25, 0.3) is 5.91 Å². The van der Waals surface area contributed by atoms with E-state index in [-0.39, 0.29) is 11.4 Å². The van der Waals surface area contributed by atoms with Gasteiger partial charge in [0, 0.05) is 6.20 Å². The van der Waals surface area contributed by atoms with Crippen LogP contribution in [0.3, 0.4) is 0 Å².